The van der Waals surface area contributed by atoms with Gasteiger partial charge in [0.05, 0.1) is 4.91 Å². The SMILES string of the molecule is CC(C)(C)NC(=O)c1cccc([N+](=O)O)c1. The third kappa shape index (κ3) is 3.34. The van der Waals surface area contributed by atoms with Gasteiger partial charge in [0.25, 0.3) is 10.8 Å². The summed E-state index contributed by atoms with van der Waals surface area (Å²) in [6, 6.07) is 5.86. The Balaban J connectivity index is 2.92. The van der Waals surface area contributed by atoms with Gasteiger partial charge in [0.15, 0.2) is 0 Å². The molecule has 1 aromatic carbocycles. The zero-order valence-corrected chi connectivity index (χ0v) is 9.52. The number of hydrogen-bond acceptors (Lipinski definition) is 2. The predicted octanol–water partition coefficient (Wildman–Crippen LogP) is 2.01. The zero-order chi connectivity index (χ0) is 12.3. The summed E-state index contributed by atoms with van der Waals surface area (Å²) in [5, 5.41) is 11.5. The van der Waals surface area contributed by atoms with Gasteiger partial charge in [-0.05, 0) is 26.8 Å². The molecule has 0 aliphatic heterocycles. The van der Waals surface area contributed by atoms with Gasteiger partial charge in [0, 0.05) is 23.2 Å². The molecule has 0 atom stereocenters. The highest BCUT2D eigenvalue weighted by Crippen LogP contribution is 2.13. The van der Waals surface area contributed by atoms with Gasteiger partial charge in [-0.15, -0.1) is 0 Å². The van der Waals surface area contributed by atoms with Crippen LogP contribution in [0, 0.1) is 4.91 Å². The van der Waals surface area contributed by atoms with Crippen LogP contribution >= 0.6 is 0 Å². The lowest BCUT2D eigenvalue weighted by atomic mass is 10.1. The average molecular weight is 223 g/mol. The van der Waals surface area contributed by atoms with Crippen molar-refractivity contribution in [3.8, 4) is 0 Å². The number of nitrogens with one attached hydrogen (secondary N) is 1. The van der Waals surface area contributed by atoms with Gasteiger partial charge < -0.3 is 5.32 Å². The maximum absolute atomic E-state index is 11.7. The monoisotopic (exact) mass is 223 g/mol. The van der Waals surface area contributed by atoms with Gasteiger partial charge in [0.1, 0.15) is 0 Å². The number of carbonyl (C=O) groups is 1. The Morgan fingerprint density at radius 3 is 2.50 bits per heavy atom. The molecule has 1 amide bonds. The molecule has 0 heterocycles. The summed E-state index contributed by atoms with van der Waals surface area (Å²) < 4.78 is 0. The molecule has 2 N–H and O–H groups in total. The molecule has 0 aliphatic carbocycles. The fourth-order valence-corrected chi connectivity index (χ4v) is 1.18. The third-order valence-corrected chi connectivity index (χ3v) is 1.82. The summed E-state index contributed by atoms with van der Waals surface area (Å²) in [5.41, 5.74) is 0.0209. The molecule has 0 radical (unpaired) electrons. The Hall–Kier alpha value is -1.91. The summed E-state index contributed by atoms with van der Waals surface area (Å²) in [5.74, 6) is -0.281. The van der Waals surface area contributed by atoms with E-state index in [2.05, 4.69) is 5.32 Å². The van der Waals surface area contributed by atoms with E-state index in [0.717, 1.165) is 0 Å². The van der Waals surface area contributed by atoms with Gasteiger partial charge >= 0.3 is 5.69 Å². The van der Waals surface area contributed by atoms with Crippen LogP contribution in [0.5, 0.6) is 0 Å². The van der Waals surface area contributed by atoms with Crippen molar-refractivity contribution in [3.05, 3.63) is 34.7 Å². The fraction of sp³-hybridized carbons (Fsp3) is 0.364. The van der Waals surface area contributed by atoms with Crippen LogP contribution < -0.4 is 5.32 Å². The second-order valence-electron chi connectivity index (χ2n) is 4.53. The minimum atomic E-state index is -0.344. The minimum Gasteiger partial charge on any atom is -0.347 e. The number of carbonyl (C=O) groups excluding carboxylic acids is 1. The number of rotatable bonds is 2. The molecule has 1 aromatic rings. The molecule has 0 fully saturated rings. The lowest BCUT2D eigenvalue weighted by Gasteiger charge is -2.20. The minimum absolute atomic E-state index is 0.0292. The molecule has 16 heavy (non-hydrogen) atoms. The van der Waals surface area contributed by atoms with Gasteiger partial charge in [0.2, 0.25) is 0 Å². The highest BCUT2D eigenvalue weighted by molar-refractivity contribution is 5.95. The van der Waals surface area contributed by atoms with Crippen molar-refractivity contribution in [2.45, 2.75) is 26.3 Å². The number of nitrogens with zero attached hydrogens (tertiary/aromatic N) is 1. The van der Waals surface area contributed by atoms with Crippen LogP contribution in [0.2, 0.25) is 0 Å². The van der Waals surface area contributed by atoms with E-state index in [1.54, 1.807) is 6.07 Å². The van der Waals surface area contributed by atoms with Gasteiger partial charge in [-0.2, -0.15) is 0 Å². The molecule has 0 aromatic heterocycles. The van der Waals surface area contributed by atoms with Crippen molar-refractivity contribution in [2.24, 2.45) is 0 Å². The van der Waals surface area contributed by atoms with Crippen LogP contribution in [0.4, 0.5) is 5.69 Å². The Bertz CT molecular complexity index is 421. The quantitative estimate of drug-likeness (QED) is 0.753. The largest absolute Gasteiger partial charge is 0.347 e. The molecule has 1 rings (SSSR count). The Kier molecular flexibility index (Phi) is 3.27. The van der Waals surface area contributed by atoms with Crippen molar-refractivity contribution in [3.63, 3.8) is 0 Å². The maximum atomic E-state index is 11.7. The van der Waals surface area contributed by atoms with Crippen LogP contribution in [0.15, 0.2) is 24.3 Å². The third-order valence-electron chi connectivity index (χ3n) is 1.82. The first-order chi connectivity index (χ1) is 7.29. The van der Waals surface area contributed by atoms with E-state index in [9.17, 15) is 9.70 Å². The van der Waals surface area contributed by atoms with Crippen LogP contribution in [-0.4, -0.2) is 21.6 Å². The average Bonchev–Trinajstić information content (AvgIpc) is 2.15. The predicted molar refractivity (Wildman–Crippen MR) is 58.7 cm³/mol. The van der Waals surface area contributed by atoms with Crippen molar-refractivity contribution >= 4 is 11.6 Å². The highest BCUT2D eigenvalue weighted by Gasteiger charge is 2.18. The van der Waals surface area contributed by atoms with Crippen LogP contribution in [0.25, 0.3) is 0 Å². The normalized spacial score (nSPS) is 10.9. The smallest absolute Gasteiger partial charge is 0.317 e. The van der Waals surface area contributed by atoms with Crippen molar-refractivity contribution in [1.82, 2.24) is 5.32 Å². The molecule has 0 aliphatic rings. The van der Waals surface area contributed by atoms with E-state index in [1.807, 2.05) is 20.8 Å². The topological polar surface area (TPSA) is 69.4 Å². The van der Waals surface area contributed by atoms with Crippen molar-refractivity contribution in [1.29, 1.82) is 0 Å². The van der Waals surface area contributed by atoms with E-state index >= 15 is 0 Å². The summed E-state index contributed by atoms with van der Waals surface area (Å²) in [6.45, 7) is 5.59. The van der Waals surface area contributed by atoms with Crippen molar-refractivity contribution < 1.29 is 14.9 Å². The first kappa shape index (κ1) is 12.2. The molecule has 5 nitrogen and oxygen atoms in total. The van der Waals surface area contributed by atoms with Crippen LogP contribution in [0.3, 0.4) is 0 Å². The summed E-state index contributed by atoms with van der Waals surface area (Å²) in [7, 11) is 0. The molecular weight excluding hydrogens is 208 g/mol. The molecule has 0 saturated heterocycles. The second kappa shape index (κ2) is 4.30. The number of amides is 1. The zero-order valence-electron chi connectivity index (χ0n) is 9.52. The summed E-state index contributed by atoms with van der Waals surface area (Å²) in [6.07, 6.45) is 0. The van der Waals surface area contributed by atoms with E-state index in [4.69, 9.17) is 5.21 Å². The standard InChI is InChI=1S/C11H14N2O3/c1-11(2,3)12-10(14)8-5-4-6-9(7-8)13(15)16/h4-7H,1-3H3,(H-,12,14,15,16)/p+1. The Morgan fingerprint density at radius 2 is 2.00 bits per heavy atom. The molecule has 0 spiro atoms. The second-order valence-corrected chi connectivity index (χ2v) is 4.53. The molecule has 5 heteroatoms. The van der Waals surface area contributed by atoms with Gasteiger partial charge in [-0.3, -0.25) is 4.79 Å². The first-order valence-corrected chi connectivity index (χ1v) is 4.88. The van der Waals surface area contributed by atoms with E-state index in [0.29, 0.717) is 5.56 Å². The van der Waals surface area contributed by atoms with E-state index in [1.165, 1.54) is 18.2 Å². The highest BCUT2D eigenvalue weighted by atomic mass is 16.6. The maximum Gasteiger partial charge on any atom is 0.317 e. The Morgan fingerprint density at radius 1 is 1.38 bits per heavy atom. The summed E-state index contributed by atoms with van der Waals surface area (Å²) in [4.78, 5) is 22.1. The number of hydrogen-bond donors (Lipinski definition) is 2. The first-order valence-electron chi connectivity index (χ1n) is 4.88. The van der Waals surface area contributed by atoms with E-state index < -0.39 is 0 Å². The summed E-state index contributed by atoms with van der Waals surface area (Å²) >= 11 is 0. The van der Waals surface area contributed by atoms with Gasteiger partial charge in [-0.1, -0.05) is 6.07 Å². The lowest BCUT2D eigenvalue weighted by molar-refractivity contribution is -0.729. The van der Waals surface area contributed by atoms with Crippen molar-refractivity contribution in [2.75, 3.05) is 0 Å². The van der Waals surface area contributed by atoms with Crippen LogP contribution in [0.1, 0.15) is 31.1 Å². The molecule has 86 valence electrons. The Labute approximate surface area is 93.6 Å². The number of benzene rings is 1. The molecular formula is C11H15N2O3+. The lowest BCUT2D eigenvalue weighted by Crippen LogP contribution is -2.40. The molecule has 0 unspecified atom stereocenters. The van der Waals surface area contributed by atoms with Crippen LogP contribution in [-0.2, 0) is 0 Å². The van der Waals surface area contributed by atoms with E-state index in [-0.39, 0.29) is 22.1 Å². The fourth-order valence-electron chi connectivity index (χ4n) is 1.18. The molecule has 0 bridgehead atoms. The molecule has 0 saturated carbocycles. The van der Waals surface area contributed by atoms with Gasteiger partial charge in [-0.25, -0.2) is 5.21 Å².